The molecule has 1 aromatic carbocycles. The number of benzene rings is 1. The molecule has 9 nitrogen and oxygen atoms in total. The van der Waals surface area contributed by atoms with E-state index in [9.17, 15) is 14.4 Å². The predicted molar refractivity (Wildman–Crippen MR) is 145 cm³/mol. The molecule has 3 heterocycles. The van der Waals surface area contributed by atoms with E-state index in [4.69, 9.17) is 9.72 Å². The normalized spacial score (nSPS) is 19.3. The number of anilines is 1. The van der Waals surface area contributed by atoms with Crippen LogP contribution in [0.3, 0.4) is 0 Å². The summed E-state index contributed by atoms with van der Waals surface area (Å²) in [5.74, 6) is 0.693. The van der Waals surface area contributed by atoms with Crippen LogP contribution in [0.25, 0.3) is 0 Å². The second-order valence-electron chi connectivity index (χ2n) is 11.4. The van der Waals surface area contributed by atoms with Gasteiger partial charge in [0.05, 0.1) is 11.5 Å². The highest BCUT2D eigenvalue weighted by molar-refractivity contribution is 6.00. The number of aromatic nitrogens is 2. The van der Waals surface area contributed by atoms with Crippen LogP contribution in [0.15, 0.2) is 30.5 Å². The Labute approximate surface area is 225 Å². The molecule has 38 heavy (non-hydrogen) atoms. The average Bonchev–Trinajstić information content (AvgIpc) is 3.34. The third-order valence-electron chi connectivity index (χ3n) is 7.27. The number of fused-ring (bicyclic) bond motifs is 1. The maximum Gasteiger partial charge on any atom is 0.228 e. The van der Waals surface area contributed by atoms with Crippen molar-refractivity contribution >= 4 is 23.9 Å². The summed E-state index contributed by atoms with van der Waals surface area (Å²) in [4.78, 5) is 51.4. The Morgan fingerprint density at radius 2 is 1.87 bits per heavy atom. The minimum Gasteiger partial charge on any atom is -0.385 e. The zero-order chi connectivity index (χ0) is 27.3. The van der Waals surface area contributed by atoms with Gasteiger partial charge in [0.25, 0.3) is 0 Å². The quantitative estimate of drug-likeness (QED) is 0.290. The minimum absolute atomic E-state index is 0.0450. The number of carbonyl (C=O) groups is 3. The van der Waals surface area contributed by atoms with Gasteiger partial charge in [-0.2, -0.15) is 0 Å². The highest BCUT2D eigenvalue weighted by Gasteiger charge is 2.36. The molecule has 0 bridgehead atoms. The molecular weight excluding hydrogens is 482 g/mol. The maximum absolute atomic E-state index is 13.5. The number of hydrogen-bond donors (Lipinski definition) is 1. The Balaban J connectivity index is 1.46. The van der Waals surface area contributed by atoms with Gasteiger partial charge in [0.2, 0.25) is 12.3 Å². The van der Waals surface area contributed by atoms with Crippen molar-refractivity contribution in [1.29, 1.82) is 0 Å². The average molecular weight is 522 g/mol. The number of piperidine rings is 1. The molecule has 9 heteroatoms. The molecule has 2 atom stereocenters. The van der Waals surface area contributed by atoms with Crippen LogP contribution in [-0.4, -0.2) is 71.2 Å². The highest BCUT2D eigenvalue weighted by Crippen LogP contribution is 2.31. The lowest BCUT2D eigenvalue weighted by atomic mass is 9.84. The molecule has 1 aromatic heterocycles. The fourth-order valence-electron chi connectivity index (χ4n) is 5.28. The van der Waals surface area contributed by atoms with E-state index in [-0.39, 0.29) is 35.4 Å². The number of Topliss-reactive ketones (excluding diaryl/α,β-unsaturated/α-hetero) is 1. The Hall–Kier alpha value is -3.33. The molecule has 2 aliphatic heterocycles. The Bertz CT molecular complexity index is 1140. The molecule has 0 aliphatic carbocycles. The highest BCUT2D eigenvalue weighted by atomic mass is 16.5. The number of likely N-dealkylation sites (tertiary alicyclic amines) is 1. The summed E-state index contributed by atoms with van der Waals surface area (Å²) in [5, 5.41) is 3.29. The zero-order valence-corrected chi connectivity index (χ0v) is 22.9. The smallest absolute Gasteiger partial charge is 0.228 e. The van der Waals surface area contributed by atoms with E-state index in [1.807, 2.05) is 37.8 Å². The van der Waals surface area contributed by atoms with E-state index in [0.717, 1.165) is 12.8 Å². The van der Waals surface area contributed by atoms with Gasteiger partial charge in [-0.05, 0) is 29.9 Å². The standard InChI is InChI=1S/C29H39N5O4/c1-29(2,3)28-31-14-24(26(32-28)30-10-7-11-38-4)25(36)13-20-12-23(16-33(15-20)19-35)27(37)34-17-21-8-5-6-9-22(21)18-34/h5-6,8-9,14,19-20,23H,7,10-13,15-18H2,1-4H3,(H,30,31,32). The van der Waals surface area contributed by atoms with Gasteiger partial charge in [-0.3, -0.25) is 14.4 Å². The molecule has 2 unspecified atom stereocenters. The number of methoxy groups -OCH3 is 1. The maximum atomic E-state index is 13.5. The molecule has 4 rings (SSSR count). The third-order valence-corrected chi connectivity index (χ3v) is 7.27. The Morgan fingerprint density at radius 1 is 1.16 bits per heavy atom. The lowest BCUT2D eigenvalue weighted by Crippen LogP contribution is -2.46. The van der Waals surface area contributed by atoms with E-state index in [0.29, 0.717) is 63.0 Å². The summed E-state index contributed by atoms with van der Waals surface area (Å²) >= 11 is 0. The number of ketones is 1. The monoisotopic (exact) mass is 521 g/mol. The summed E-state index contributed by atoms with van der Waals surface area (Å²) in [6.45, 7) is 9.34. The van der Waals surface area contributed by atoms with Crippen LogP contribution in [0, 0.1) is 11.8 Å². The molecule has 0 spiro atoms. The topological polar surface area (TPSA) is 105 Å². The molecule has 204 valence electrons. The summed E-state index contributed by atoms with van der Waals surface area (Å²) in [7, 11) is 1.66. The molecule has 2 aliphatic rings. The van der Waals surface area contributed by atoms with Gasteiger partial charge in [-0.1, -0.05) is 45.0 Å². The summed E-state index contributed by atoms with van der Waals surface area (Å²) in [6.07, 6.45) is 3.97. The SMILES string of the molecule is COCCCNc1nc(C(C)(C)C)ncc1C(=O)CC1CC(C(=O)N2Cc3ccccc3C2)CN(C=O)C1. The first-order chi connectivity index (χ1) is 18.2. The van der Waals surface area contributed by atoms with E-state index < -0.39 is 0 Å². The first-order valence-electron chi connectivity index (χ1n) is 13.4. The number of hydrogen-bond acceptors (Lipinski definition) is 7. The predicted octanol–water partition coefficient (Wildman–Crippen LogP) is 3.43. The summed E-state index contributed by atoms with van der Waals surface area (Å²) in [6, 6.07) is 8.08. The van der Waals surface area contributed by atoms with Gasteiger partial charge in [0.15, 0.2) is 5.78 Å². The van der Waals surface area contributed by atoms with Crippen LogP contribution in [0.4, 0.5) is 5.82 Å². The second-order valence-corrected chi connectivity index (χ2v) is 11.4. The number of ether oxygens (including phenoxy) is 1. The van der Waals surface area contributed by atoms with Crippen molar-refractivity contribution in [2.24, 2.45) is 11.8 Å². The van der Waals surface area contributed by atoms with Crippen molar-refractivity contribution in [3.8, 4) is 0 Å². The van der Waals surface area contributed by atoms with Crippen LogP contribution in [0.1, 0.15) is 67.3 Å². The largest absolute Gasteiger partial charge is 0.385 e. The molecule has 1 fully saturated rings. The van der Waals surface area contributed by atoms with Gasteiger partial charge in [-0.25, -0.2) is 9.97 Å². The molecule has 2 amide bonds. The molecule has 1 N–H and O–H groups in total. The Morgan fingerprint density at radius 3 is 2.50 bits per heavy atom. The van der Waals surface area contributed by atoms with Crippen molar-refractivity contribution < 1.29 is 19.1 Å². The van der Waals surface area contributed by atoms with E-state index in [2.05, 4.69) is 22.4 Å². The molecule has 0 saturated carbocycles. The molecule has 0 radical (unpaired) electrons. The van der Waals surface area contributed by atoms with Gasteiger partial charge in [-0.15, -0.1) is 0 Å². The second kappa shape index (κ2) is 12.0. The third kappa shape index (κ3) is 6.56. The fourth-order valence-corrected chi connectivity index (χ4v) is 5.28. The molecule has 2 aromatic rings. The Kier molecular flexibility index (Phi) is 8.76. The summed E-state index contributed by atoms with van der Waals surface area (Å²) < 4.78 is 5.14. The van der Waals surface area contributed by atoms with Crippen molar-refractivity contribution in [1.82, 2.24) is 19.8 Å². The minimum atomic E-state index is -0.327. The van der Waals surface area contributed by atoms with Crippen LogP contribution in [0.2, 0.25) is 0 Å². The van der Waals surface area contributed by atoms with Gasteiger partial charge in [0.1, 0.15) is 11.6 Å². The van der Waals surface area contributed by atoms with Crippen LogP contribution in [-0.2, 0) is 32.8 Å². The van der Waals surface area contributed by atoms with Crippen LogP contribution >= 0.6 is 0 Å². The van der Waals surface area contributed by atoms with Gasteiger partial charge in [0, 0.05) is 64.5 Å². The van der Waals surface area contributed by atoms with Crippen LogP contribution < -0.4 is 5.32 Å². The number of nitrogens with one attached hydrogen (secondary N) is 1. The number of carbonyl (C=O) groups excluding carboxylic acids is 3. The van der Waals surface area contributed by atoms with Crippen molar-refractivity contribution in [3.63, 3.8) is 0 Å². The number of rotatable bonds is 10. The van der Waals surface area contributed by atoms with Crippen molar-refractivity contribution in [2.75, 3.05) is 38.7 Å². The first kappa shape index (κ1) is 27.7. The van der Waals surface area contributed by atoms with E-state index >= 15 is 0 Å². The lowest BCUT2D eigenvalue weighted by Gasteiger charge is -2.36. The number of nitrogens with zero attached hydrogens (tertiary/aromatic N) is 4. The lowest BCUT2D eigenvalue weighted by molar-refractivity contribution is -0.140. The molecular formula is C29H39N5O4. The fraction of sp³-hybridized carbons (Fsp3) is 0.552. The zero-order valence-electron chi connectivity index (χ0n) is 22.9. The van der Waals surface area contributed by atoms with Gasteiger partial charge < -0.3 is 19.9 Å². The van der Waals surface area contributed by atoms with E-state index in [1.54, 1.807) is 18.2 Å². The first-order valence-corrected chi connectivity index (χ1v) is 13.4. The van der Waals surface area contributed by atoms with Crippen molar-refractivity contribution in [3.05, 3.63) is 53.0 Å². The van der Waals surface area contributed by atoms with Gasteiger partial charge >= 0.3 is 0 Å². The molecule has 1 saturated heterocycles. The van der Waals surface area contributed by atoms with E-state index in [1.165, 1.54) is 11.1 Å². The summed E-state index contributed by atoms with van der Waals surface area (Å²) in [5.41, 5.74) is 2.51. The van der Waals surface area contributed by atoms with Crippen molar-refractivity contribution in [2.45, 2.75) is 58.5 Å². The van der Waals surface area contributed by atoms with Crippen LogP contribution in [0.5, 0.6) is 0 Å². The number of amides is 2.